The van der Waals surface area contributed by atoms with Crippen molar-refractivity contribution in [2.24, 2.45) is 0 Å². The van der Waals surface area contributed by atoms with Crippen LogP contribution in [0.3, 0.4) is 0 Å². The van der Waals surface area contributed by atoms with Crippen molar-refractivity contribution in [2.45, 2.75) is 6.30 Å². The highest BCUT2D eigenvalue weighted by atomic mass is 32.1. The zero-order valence-corrected chi connectivity index (χ0v) is 10.7. The number of anilines is 1. The summed E-state index contributed by atoms with van der Waals surface area (Å²) in [6.45, 7) is 0. The Hall–Kier alpha value is -2.55. The summed E-state index contributed by atoms with van der Waals surface area (Å²) in [6, 6.07) is 5.05. The molecule has 20 heavy (non-hydrogen) atoms. The van der Waals surface area contributed by atoms with Gasteiger partial charge in [0, 0.05) is 17.6 Å². The number of hydrogen-bond acceptors (Lipinski definition) is 5. The van der Waals surface area contributed by atoms with Crippen LogP contribution in [0.25, 0.3) is 0 Å². The van der Waals surface area contributed by atoms with Gasteiger partial charge >= 0.3 is 6.09 Å². The fourth-order valence-electron chi connectivity index (χ4n) is 1.61. The Morgan fingerprint density at radius 3 is 2.75 bits per heavy atom. The molecule has 0 saturated carbocycles. The Balaban J connectivity index is 2.50. The number of benzene rings is 1. The average Bonchev–Trinajstić information content (AvgIpc) is 2.92. The summed E-state index contributed by atoms with van der Waals surface area (Å²) in [6.07, 6.45) is -2.41. The van der Waals surface area contributed by atoms with Crippen LogP contribution in [0.1, 0.15) is 11.3 Å². The zero-order chi connectivity index (χ0) is 14.7. The van der Waals surface area contributed by atoms with E-state index in [0.29, 0.717) is 0 Å². The van der Waals surface area contributed by atoms with Crippen molar-refractivity contribution in [1.29, 1.82) is 0 Å². The third-order valence-electron chi connectivity index (χ3n) is 2.43. The summed E-state index contributed by atoms with van der Waals surface area (Å²) in [5, 5.41) is 21.4. The molecule has 0 aliphatic carbocycles. The molecule has 1 heterocycles. The highest BCUT2D eigenvalue weighted by Crippen LogP contribution is 2.35. The van der Waals surface area contributed by atoms with Gasteiger partial charge in [-0.1, -0.05) is 12.1 Å². The molecule has 1 amide bonds. The van der Waals surface area contributed by atoms with E-state index in [0.717, 1.165) is 17.4 Å². The van der Waals surface area contributed by atoms with Crippen LogP contribution in [0.15, 0.2) is 35.8 Å². The molecule has 1 aromatic heterocycles. The first-order chi connectivity index (χ1) is 9.52. The van der Waals surface area contributed by atoms with Crippen molar-refractivity contribution in [3.63, 3.8) is 0 Å². The van der Waals surface area contributed by atoms with E-state index in [4.69, 9.17) is 5.11 Å². The van der Waals surface area contributed by atoms with Gasteiger partial charge in [-0.15, -0.1) is 11.3 Å². The summed E-state index contributed by atoms with van der Waals surface area (Å²) >= 11 is 0.925. The molecule has 0 aliphatic rings. The molecule has 1 unspecified atom stereocenters. The number of amides is 1. The third kappa shape index (κ3) is 2.57. The van der Waals surface area contributed by atoms with Crippen LogP contribution in [-0.4, -0.2) is 21.1 Å². The highest BCUT2D eigenvalue weighted by Gasteiger charge is 2.32. The molecule has 0 saturated heterocycles. The number of halogens is 1. The maximum absolute atomic E-state index is 14.3. The normalized spacial score (nSPS) is 11.8. The van der Waals surface area contributed by atoms with Crippen LogP contribution < -0.4 is 4.90 Å². The molecule has 0 aliphatic heterocycles. The van der Waals surface area contributed by atoms with Crippen molar-refractivity contribution in [1.82, 2.24) is 4.98 Å². The molecule has 1 aromatic carbocycles. The predicted molar refractivity (Wildman–Crippen MR) is 69.6 cm³/mol. The van der Waals surface area contributed by atoms with Gasteiger partial charge in [0.05, 0.1) is 4.92 Å². The number of rotatable bonds is 4. The SMILES string of the molecule is O=C(O)N(c1ccccc1[N+](=O)[O-])C(F)c1nccs1. The Bertz CT molecular complexity index is 634. The molecule has 9 heteroatoms. The van der Waals surface area contributed by atoms with Crippen LogP contribution in [0.4, 0.5) is 20.6 Å². The number of nitro benzene ring substituents is 1. The number of alkyl halides is 1. The molecule has 1 N–H and O–H groups in total. The minimum absolute atomic E-state index is 0.0921. The summed E-state index contributed by atoms with van der Waals surface area (Å²) in [5.41, 5.74) is -0.832. The average molecular weight is 297 g/mol. The van der Waals surface area contributed by atoms with E-state index in [9.17, 15) is 19.3 Å². The van der Waals surface area contributed by atoms with Crippen molar-refractivity contribution < 1.29 is 19.2 Å². The van der Waals surface area contributed by atoms with Gasteiger partial charge in [-0.25, -0.2) is 19.1 Å². The summed E-state index contributed by atoms with van der Waals surface area (Å²) in [7, 11) is 0. The molecule has 1 atom stereocenters. The summed E-state index contributed by atoms with van der Waals surface area (Å²) in [5.74, 6) is 0. The smallest absolute Gasteiger partial charge is 0.414 e. The molecular weight excluding hydrogens is 289 g/mol. The first-order valence-electron chi connectivity index (χ1n) is 5.31. The lowest BCUT2D eigenvalue weighted by molar-refractivity contribution is -0.384. The van der Waals surface area contributed by atoms with Crippen molar-refractivity contribution >= 4 is 28.8 Å². The quantitative estimate of drug-likeness (QED) is 0.531. The Morgan fingerprint density at radius 1 is 1.50 bits per heavy atom. The topological polar surface area (TPSA) is 96.6 Å². The molecule has 104 valence electrons. The van der Waals surface area contributed by atoms with Gasteiger partial charge in [0.25, 0.3) is 5.69 Å². The van der Waals surface area contributed by atoms with Crippen LogP contribution in [-0.2, 0) is 0 Å². The van der Waals surface area contributed by atoms with Crippen molar-refractivity contribution in [3.05, 3.63) is 51.0 Å². The number of carbonyl (C=O) groups is 1. The monoisotopic (exact) mass is 297 g/mol. The Kier molecular flexibility index (Phi) is 3.89. The molecular formula is C11H8FN3O4S. The summed E-state index contributed by atoms with van der Waals surface area (Å²) in [4.78, 5) is 25.4. The van der Waals surface area contributed by atoms with Gasteiger partial charge in [0.1, 0.15) is 10.7 Å². The van der Waals surface area contributed by atoms with Gasteiger partial charge in [-0.2, -0.15) is 0 Å². The van der Waals surface area contributed by atoms with E-state index >= 15 is 0 Å². The molecule has 0 bridgehead atoms. The van der Waals surface area contributed by atoms with E-state index in [1.54, 1.807) is 0 Å². The van der Waals surface area contributed by atoms with Gasteiger partial charge in [-0.3, -0.25) is 10.1 Å². The summed E-state index contributed by atoms with van der Waals surface area (Å²) < 4.78 is 14.3. The predicted octanol–water partition coefficient (Wildman–Crippen LogP) is 3.20. The third-order valence-corrected chi connectivity index (χ3v) is 3.23. The first-order valence-corrected chi connectivity index (χ1v) is 6.19. The Morgan fingerprint density at radius 2 is 2.20 bits per heavy atom. The minimum atomic E-state index is -2.10. The largest absolute Gasteiger partial charge is 0.465 e. The van der Waals surface area contributed by atoms with Crippen LogP contribution in [0.5, 0.6) is 0 Å². The van der Waals surface area contributed by atoms with Gasteiger partial charge in [-0.05, 0) is 6.07 Å². The van der Waals surface area contributed by atoms with Crippen LogP contribution >= 0.6 is 11.3 Å². The second kappa shape index (κ2) is 5.61. The number of nitrogens with zero attached hydrogens (tertiary/aromatic N) is 3. The number of para-hydroxylation sites is 2. The lowest BCUT2D eigenvalue weighted by atomic mass is 10.2. The van der Waals surface area contributed by atoms with E-state index in [1.165, 1.54) is 29.8 Å². The molecule has 2 aromatic rings. The first kappa shape index (κ1) is 13.9. The van der Waals surface area contributed by atoms with Gasteiger partial charge in [0.15, 0.2) is 0 Å². The number of carboxylic acid groups (broad SMARTS) is 1. The Labute approximate surface area is 116 Å². The van der Waals surface area contributed by atoms with Crippen LogP contribution in [0, 0.1) is 10.1 Å². The van der Waals surface area contributed by atoms with E-state index in [-0.39, 0.29) is 15.6 Å². The highest BCUT2D eigenvalue weighted by molar-refractivity contribution is 7.09. The van der Waals surface area contributed by atoms with Crippen molar-refractivity contribution in [2.75, 3.05) is 4.90 Å². The van der Waals surface area contributed by atoms with Gasteiger partial charge in [0.2, 0.25) is 6.30 Å². The number of hydrogen-bond donors (Lipinski definition) is 1. The maximum atomic E-state index is 14.3. The fourth-order valence-corrected chi connectivity index (χ4v) is 2.21. The number of aromatic nitrogens is 1. The van der Waals surface area contributed by atoms with Crippen LogP contribution in [0.2, 0.25) is 0 Å². The lowest BCUT2D eigenvalue weighted by Gasteiger charge is -2.21. The second-order valence-corrected chi connectivity index (χ2v) is 4.53. The van der Waals surface area contributed by atoms with E-state index < -0.39 is 23.0 Å². The van der Waals surface area contributed by atoms with Crippen molar-refractivity contribution in [3.8, 4) is 0 Å². The molecule has 7 nitrogen and oxygen atoms in total. The fraction of sp³-hybridized carbons (Fsp3) is 0.0909. The van der Waals surface area contributed by atoms with Gasteiger partial charge < -0.3 is 5.11 Å². The lowest BCUT2D eigenvalue weighted by Crippen LogP contribution is -2.32. The van der Waals surface area contributed by atoms with E-state index in [2.05, 4.69) is 4.98 Å². The second-order valence-electron chi connectivity index (χ2n) is 3.60. The molecule has 0 fully saturated rings. The molecule has 0 spiro atoms. The maximum Gasteiger partial charge on any atom is 0.414 e. The number of thiazole rings is 1. The number of nitro groups is 1. The zero-order valence-electron chi connectivity index (χ0n) is 9.84. The van der Waals surface area contributed by atoms with E-state index in [1.807, 2.05) is 0 Å². The molecule has 2 rings (SSSR count). The molecule has 0 radical (unpaired) electrons. The minimum Gasteiger partial charge on any atom is -0.465 e. The standard InChI is InChI=1S/C11H8FN3O4S/c12-9(10-13-5-6-20-10)14(11(16)17)7-3-1-2-4-8(7)15(18)19/h1-6,9H,(H,16,17).